The van der Waals surface area contributed by atoms with Gasteiger partial charge in [0.25, 0.3) is 0 Å². The number of halogens is 6. The Morgan fingerprint density at radius 1 is 0.867 bits per heavy atom. The summed E-state index contributed by atoms with van der Waals surface area (Å²) in [5, 5.41) is 0. The molecule has 2 heterocycles. The number of piperazine rings is 1. The molecule has 0 atom stereocenters. The molecular weight excluding hydrogens is 436 g/mol. The number of aromatic nitrogens is 1. The van der Waals surface area contributed by atoms with Crippen molar-refractivity contribution in [1.29, 1.82) is 0 Å². The molecule has 0 unspecified atom stereocenters. The molecule has 1 aromatic carbocycles. The van der Waals surface area contributed by atoms with Gasteiger partial charge in [-0.15, -0.1) is 0 Å². The van der Waals surface area contributed by atoms with Crippen LogP contribution in [0.25, 0.3) is 0 Å². The van der Waals surface area contributed by atoms with Crippen molar-refractivity contribution in [3.05, 3.63) is 59.3 Å². The van der Waals surface area contributed by atoms with Crippen LogP contribution in [0.1, 0.15) is 16.7 Å². The third-order valence-corrected chi connectivity index (χ3v) is 6.50. The largest absolute Gasteiger partial charge is 0.419 e. The van der Waals surface area contributed by atoms with Crippen LogP contribution in [0.3, 0.4) is 0 Å². The molecule has 1 aromatic heterocycles. The maximum atomic E-state index is 13.2. The van der Waals surface area contributed by atoms with Gasteiger partial charge in [0.1, 0.15) is 5.82 Å². The zero-order valence-corrected chi connectivity index (χ0v) is 16.2. The Hall–Kier alpha value is -2.34. The van der Waals surface area contributed by atoms with E-state index in [0.29, 0.717) is 0 Å². The van der Waals surface area contributed by atoms with Crippen LogP contribution in [0.4, 0.5) is 32.2 Å². The molecule has 1 aliphatic heterocycles. The molecule has 0 amide bonds. The molecule has 0 saturated carbocycles. The summed E-state index contributed by atoms with van der Waals surface area (Å²) in [6.45, 7) is -0.105. The standard InChI is InChI=1S/C18H17F6N3O2S/c19-17(20,21)14-5-3-13(4-6-14)12-30(28,29)27-10-8-26(9-11-27)16-15(18(22,23)24)2-1-7-25-16/h1-7H,8-12H2. The molecule has 3 rings (SSSR count). The van der Waals surface area contributed by atoms with Gasteiger partial charge in [0, 0.05) is 32.4 Å². The van der Waals surface area contributed by atoms with E-state index in [-0.39, 0.29) is 37.6 Å². The lowest BCUT2D eigenvalue weighted by molar-refractivity contribution is -0.138. The predicted molar refractivity (Wildman–Crippen MR) is 97.1 cm³/mol. The maximum absolute atomic E-state index is 13.2. The first-order valence-corrected chi connectivity index (χ1v) is 10.4. The van der Waals surface area contributed by atoms with E-state index in [0.717, 1.165) is 34.6 Å². The van der Waals surface area contributed by atoms with Gasteiger partial charge in [-0.25, -0.2) is 13.4 Å². The third-order valence-electron chi connectivity index (χ3n) is 4.65. The van der Waals surface area contributed by atoms with Crippen LogP contribution in [-0.2, 0) is 28.1 Å². The lowest BCUT2D eigenvalue weighted by Gasteiger charge is -2.35. The highest BCUT2D eigenvalue weighted by molar-refractivity contribution is 7.88. The minimum absolute atomic E-state index is 0.00628. The first-order valence-electron chi connectivity index (χ1n) is 8.79. The van der Waals surface area contributed by atoms with Crippen LogP contribution >= 0.6 is 0 Å². The number of sulfonamides is 1. The topological polar surface area (TPSA) is 53.5 Å². The fourth-order valence-electron chi connectivity index (χ4n) is 3.14. The van der Waals surface area contributed by atoms with Crippen molar-refractivity contribution in [2.45, 2.75) is 18.1 Å². The highest BCUT2D eigenvalue weighted by atomic mass is 32.2. The Morgan fingerprint density at radius 2 is 1.47 bits per heavy atom. The Bertz CT molecular complexity index is 982. The highest BCUT2D eigenvalue weighted by Gasteiger charge is 2.37. The smallest absolute Gasteiger partial charge is 0.353 e. The van der Waals surface area contributed by atoms with E-state index >= 15 is 0 Å². The molecule has 0 aliphatic carbocycles. The maximum Gasteiger partial charge on any atom is 0.419 e. The molecule has 12 heteroatoms. The van der Waals surface area contributed by atoms with Crippen molar-refractivity contribution >= 4 is 15.8 Å². The summed E-state index contributed by atoms with van der Waals surface area (Å²) >= 11 is 0. The van der Waals surface area contributed by atoms with E-state index in [1.807, 2.05) is 0 Å². The molecule has 1 saturated heterocycles. The second-order valence-corrected chi connectivity index (χ2v) is 8.68. The summed E-state index contributed by atoms with van der Waals surface area (Å²) in [7, 11) is -3.85. The van der Waals surface area contributed by atoms with Crippen molar-refractivity contribution in [1.82, 2.24) is 9.29 Å². The second kappa shape index (κ2) is 8.06. The molecule has 5 nitrogen and oxygen atoms in total. The average Bonchev–Trinajstić information content (AvgIpc) is 2.67. The number of alkyl halides is 6. The quantitative estimate of drug-likeness (QED) is 0.662. The Balaban J connectivity index is 1.67. The summed E-state index contributed by atoms with van der Waals surface area (Å²) in [5.74, 6) is -0.757. The van der Waals surface area contributed by atoms with E-state index in [9.17, 15) is 34.8 Å². The summed E-state index contributed by atoms with van der Waals surface area (Å²) in [5.41, 5.74) is -1.59. The van der Waals surface area contributed by atoms with Crippen molar-refractivity contribution in [2.24, 2.45) is 0 Å². The number of benzene rings is 1. The molecule has 2 aromatic rings. The normalized spacial score (nSPS) is 16.7. The van der Waals surface area contributed by atoms with E-state index in [1.165, 1.54) is 17.2 Å². The van der Waals surface area contributed by atoms with Gasteiger partial charge in [-0.05, 0) is 29.8 Å². The van der Waals surface area contributed by atoms with Crippen LogP contribution in [0, 0.1) is 0 Å². The molecule has 0 radical (unpaired) electrons. The number of hydrogen-bond acceptors (Lipinski definition) is 4. The number of rotatable bonds is 4. The average molecular weight is 453 g/mol. The summed E-state index contributed by atoms with van der Waals surface area (Å²) in [4.78, 5) is 5.17. The molecule has 0 N–H and O–H groups in total. The monoisotopic (exact) mass is 453 g/mol. The number of pyridine rings is 1. The fourth-order valence-corrected chi connectivity index (χ4v) is 4.66. The van der Waals surface area contributed by atoms with Gasteiger partial charge in [-0.2, -0.15) is 30.6 Å². The van der Waals surface area contributed by atoms with Gasteiger partial charge < -0.3 is 4.90 Å². The Kier molecular flexibility index (Phi) is 6.01. The van der Waals surface area contributed by atoms with E-state index in [1.54, 1.807) is 0 Å². The molecule has 30 heavy (non-hydrogen) atoms. The van der Waals surface area contributed by atoms with Gasteiger partial charge in [-0.3, -0.25) is 0 Å². The summed E-state index contributed by atoms with van der Waals surface area (Å²) in [6.07, 6.45) is -7.87. The number of anilines is 1. The van der Waals surface area contributed by atoms with Crippen LogP contribution in [0.2, 0.25) is 0 Å². The summed E-state index contributed by atoms with van der Waals surface area (Å²) < 4.78 is 104. The van der Waals surface area contributed by atoms with Crippen LogP contribution in [0.15, 0.2) is 42.6 Å². The Morgan fingerprint density at radius 3 is 2.00 bits per heavy atom. The molecule has 1 aliphatic rings. The van der Waals surface area contributed by atoms with Gasteiger partial charge in [0.2, 0.25) is 10.0 Å². The third kappa shape index (κ3) is 5.04. The molecule has 0 bridgehead atoms. The summed E-state index contributed by atoms with van der Waals surface area (Å²) in [6, 6.07) is 5.90. The highest BCUT2D eigenvalue weighted by Crippen LogP contribution is 2.35. The number of hydrogen-bond donors (Lipinski definition) is 0. The second-order valence-electron chi connectivity index (χ2n) is 6.71. The first kappa shape index (κ1) is 22.3. The van der Waals surface area contributed by atoms with E-state index in [2.05, 4.69) is 4.98 Å². The zero-order valence-electron chi connectivity index (χ0n) is 15.4. The van der Waals surface area contributed by atoms with Crippen molar-refractivity contribution in [3.8, 4) is 0 Å². The lowest BCUT2D eigenvalue weighted by atomic mass is 10.1. The van der Waals surface area contributed by atoms with Crippen LogP contribution in [0.5, 0.6) is 0 Å². The first-order chi connectivity index (χ1) is 13.9. The predicted octanol–water partition coefficient (Wildman–Crippen LogP) is 3.77. The van der Waals surface area contributed by atoms with Crippen molar-refractivity contribution in [3.63, 3.8) is 0 Å². The number of nitrogens with zero attached hydrogens (tertiary/aromatic N) is 3. The van der Waals surface area contributed by atoms with E-state index < -0.39 is 39.3 Å². The minimum Gasteiger partial charge on any atom is -0.353 e. The minimum atomic E-state index is -4.59. The Labute approximate surface area is 169 Å². The van der Waals surface area contributed by atoms with E-state index in [4.69, 9.17) is 0 Å². The molecule has 1 fully saturated rings. The lowest BCUT2D eigenvalue weighted by Crippen LogP contribution is -2.49. The molecular formula is C18H17F6N3O2S. The van der Waals surface area contributed by atoms with Gasteiger partial charge in [-0.1, -0.05) is 12.1 Å². The SMILES string of the molecule is O=S(=O)(Cc1ccc(C(F)(F)F)cc1)N1CCN(c2ncccc2C(F)(F)F)CC1. The van der Waals surface area contributed by atoms with Crippen LogP contribution < -0.4 is 4.90 Å². The molecule has 164 valence electrons. The van der Waals surface area contributed by atoms with Crippen molar-refractivity contribution in [2.75, 3.05) is 31.1 Å². The van der Waals surface area contributed by atoms with Gasteiger partial charge >= 0.3 is 12.4 Å². The molecule has 0 spiro atoms. The van der Waals surface area contributed by atoms with Crippen LogP contribution in [-0.4, -0.2) is 43.9 Å². The van der Waals surface area contributed by atoms with Crippen molar-refractivity contribution < 1.29 is 34.8 Å². The van der Waals surface area contributed by atoms with Gasteiger partial charge in [0.15, 0.2) is 0 Å². The zero-order chi connectivity index (χ0) is 22.2. The fraction of sp³-hybridized carbons (Fsp3) is 0.389. The van der Waals surface area contributed by atoms with Gasteiger partial charge in [0.05, 0.1) is 16.9 Å².